The second-order valence-electron chi connectivity index (χ2n) is 2.61. The molecule has 4 nitrogen and oxygen atoms in total. The Morgan fingerprint density at radius 1 is 1.58 bits per heavy atom. The van der Waals surface area contributed by atoms with Gasteiger partial charge >= 0.3 is 0 Å². The Morgan fingerprint density at radius 3 is 2.58 bits per heavy atom. The van der Waals surface area contributed by atoms with Crippen LogP contribution < -0.4 is 4.72 Å². The average Bonchev–Trinajstić information content (AvgIpc) is 1.98. The lowest BCUT2D eigenvalue weighted by Gasteiger charge is -2.04. The topological polar surface area (TPSA) is 66.4 Å². The highest BCUT2D eigenvalue weighted by Gasteiger charge is 2.06. The number of nitrogens with one attached hydrogen (secondary N) is 1. The van der Waals surface area contributed by atoms with Gasteiger partial charge in [0.1, 0.15) is 5.21 Å². The van der Waals surface area contributed by atoms with Gasteiger partial charge in [-0.15, -0.1) is 11.6 Å². The maximum absolute atomic E-state index is 10.7. The Labute approximate surface area is 78.0 Å². The van der Waals surface area contributed by atoms with Crippen LogP contribution in [0.1, 0.15) is 19.8 Å². The normalized spacial score (nSPS) is 14.6. The highest BCUT2D eigenvalue weighted by atomic mass is 35.5. The summed E-state index contributed by atoms with van der Waals surface area (Å²) in [6, 6.07) is 0. The van der Waals surface area contributed by atoms with E-state index in [4.69, 9.17) is 16.7 Å². The molecule has 2 N–H and O–H groups in total. The summed E-state index contributed by atoms with van der Waals surface area (Å²) in [5, 5.41) is 8.42. The van der Waals surface area contributed by atoms with Crippen LogP contribution in [0.25, 0.3) is 0 Å². The molecule has 0 heterocycles. The number of halogens is 1. The van der Waals surface area contributed by atoms with Crippen molar-refractivity contribution in [2.45, 2.75) is 25.9 Å². The molecule has 0 aliphatic carbocycles. The van der Waals surface area contributed by atoms with E-state index in [1.54, 1.807) is 6.92 Å². The van der Waals surface area contributed by atoms with E-state index in [2.05, 4.69) is 4.72 Å². The van der Waals surface area contributed by atoms with Crippen molar-refractivity contribution >= 4 is 21.6 Å². The van der Waals surface area contributed by atoms with E-state index >= 15 is 0 Å². The summed E-state index contributed by atoms with van der Waals surface area (Å²) < 4.78 is 23.8. The maximum atomic E-state index is 10.7. The summed E-state index contributed by atoms with van der Waals surface area (Å²) in [6.07, 6.45) is 0.823. The van der Waals surface area contributed by atoms with Crippen molar-refractivity contribution in [3.63, 3.8) is 0 Å². The van der Waals surface area contributed by atoms with Crippen molar-refractivity contribution in [2.75, 3.05) is 11.8 Å². The Balaban J connectivity index is 3.45. The monoisotopic (exact) mass is 215 g/mol. The van der Waals surface area contributed by atoms with Gasteiger partial charge in [0, 0.05) is 6.54 Å². The zero-order chi connectivity index (χ0) is 9.61. The second kappa shape index (κ2) is 5.75. The third kappa shape index (κ3) is 6.84. The molecule has 0 aliphatic heterocycles. The molecule has 6 heteroatoms. The SMILES string of the molecule is CC(O)CCCNS(=O)(=O)CCl. The molecule has 1 unspecified atom stereocenters. The van der Waals surface area contributed by atoms with Gasteiger partial charge in [-0.05, 0) is 19.8 Å². The zero-order valence-electron chi connectivity index (χ0n) is 6.96. The van der Waals surface area contributed by atoms with Crippen LogP contribution in [0.4, 0.5) is 0 Å². The molecule has 0 saturated heterocycles. The third-order valence-corrected chi connectivity index (χ3v) is 3.06. The lowest BCUT2D eigenvalue weighted by atomic mass is 10.2. The number of alkyl halides is 1. The molecule has 0 radical (unpaired) electrons. The molecule has 0 fully saturated rings. The van der Waals surface area contributed by atoms with Crippen LogP contribution in [0, 0.1) is 0 Å². The fraction of sp³-hybridized carbons (Fsp3) is 1.00. The average molecular weight is 216 g/mol. The predicted molar refractivity (Wildman–Crippen MR) is 48.6 cm³/mol. The van der Waals surface area contributed by atoms with E-state index in [0.717, 1.165) is 0 Å². The summed E-state index contributed by atoms with van der Waals surface area (Å²) in [6.45, 7) is 2.00. The molecule has 0 aromatic carbocycles. The minimum Gasteiger partial charge on any atom is -0.393 e. The molecule has 0 bridgehead atoms. The predicted octanol–water partition coefficient (Wildman–Crippen LogP) is 0.263. The molecule has 0 amide bonds. The largest absolute Gasteiger partial charge is 0.393 e. The summed E-state index contributed by atoms with van der Waals surface area (Å²) >= 11 is 5.13. The number of aliphatic hydroxyl groups excluding tert-OH is 1. The van der Waals surface area contributed by atoms with Crippen molar-refractivity contribution in [3.05, 3.63) is 0 Å². The highest BCUT2D eigenvalue weighted by Crippen LogP contribution is 1.95. The molecule has 0 aliphatic rings. The van der Waals surface area contributed by atoms with Gasteiger partial charge in [-0.3, -0.25) is 0 Å². The quantitative estimate of drug-likeness (QED) is 0.494. The molecule has 0 spiro atoms. The molecule has 12 heavy (non-hydrogen) atoms. The van der Waals surface area contributed by atoms with Crippen LogP contribution in [0.3, 0.4) is 0 Å². The summed E-state index contributed by atoms with van der Waals surface area (Å²) in [7, 11) is -3.28. The molecule has 0 rings (SSSR count). The van der Waals surface area contributed by atoms with Crippen molar-refractivity contribution in [1.82, 2.24) is 4.72 Å². The molecule has 0 saturated carbocycles. The smallest absolute Gasteiger partial charge is 0.225 e. The van der Waals surface area contributed by atoms with Crippen LogP contribution in [-0.2, 0) is 10.0 Å². The van der Waals surface area contributed by atoms with Crippen LogP contribution in [0.15, 0.2) is 0 Å². The van der Waals surface area contributed by atoms with Gasteiger partial charge in [0.25, 0.3) is 0 Å². The van der Waals surface area contributed by atoms with E-state index in [0.29, 0.717) is 19.4 Å². The molecule has 1 atom stereocenters. The number of hydrogen-bond acceptors (Lipinski definition) is 3. The van der Waals surface area contributed by atoms with E-state index in [9.17, 15) is 8.42 Å². The van der Waals surface area contributed by atoms with Crippen molar-refractivity contribution in [1.29, 1.82) is 0 Å². The lowest BCUT2D eigenvalue weighted by Crippen LogP contribution is -2.25. The Hall–Kier alpha value is 0.160. The minimum absolute atomic E-state index is 0.333. The minimum atomic E-state index is -3.28. The number of aliphatic hydroxyl groups is 1. The van der Waals surface area contributed by atoms with Crippen LogP contribution >= 0.6 is 11.6 Å². The fourth-order valence-electron chi connectivity index (χ4n) is 0.664. The summed E-state index contributed by atoms with van der Waals surface area (Å²) in [5.41, 5.74) is 0. The number of rotatable bonds is 6. The molecule has 0 aromatic rings. The second-order valence-corrected chi connectivity index (χ2v) is 5.00. The van der Waals surface area contributed by atoms with Gasteiger partial charge in [-0.1, -0.05) is 0 Å². The third-order valence-electron chi connectivity index (χ3n) is 1.26. The van der Waals surface area contributed by atoms with Crippen LogP contribution in [0.5, 0.6) is 0 Å². The molecule has 74 valence electrons. The van der Waals surface area contributed by atoms with Crippen LogP contribution in [-0.4, -0.2) is 31.4 Å². The first-order chi connectivity index (χ1) is 5.48. The highest BCUT2D eigenvalue weighted by molar-refractivity contribution is 7.90. The fourth-order valence-corrected chi connectivity index (χ4v) is 1.43. The van der Waals surface area contributed by atoms with Gasteiger partial charge in [0.15, 0.2) is 0 Å². The van der Waals surface area contributed by atoms with Crippen molar-refractivity contribution in [3.8, 4) is 0 Å². The van der Waals surface area contributed by atoms with E-state index < -0.39 is 15.2 Å². The summed E-state index contributed by atoms with van der Waals surface area (Å²) in [5.74, 6) is 0. The van der Waals surface area contributed by atoms with E-state index in [1.165, 1.54) is 0 Å². The van der Waals surface area contributed by atoms with E-state index in [-0.39, 0.29) is 6.10 Å². The zero-order valence-corrected chi connectivity index (χ0v) is 8.53. The standard InChI is InChI=1S/C6H14ClNO3S/c1-6(9)3-2-4-8-12(10,11)5-7/h6,8-9H,2-5H2,1H3. The summed E-state index contributed by atoms with van der Waals surface area (Å²) in [4.78, 5) is 0. The Kier molecular flexibility index (Phi) is 5.82. The first-order valence-electron chi connectivity index (χ1n) is 3.69. The van der Waals surface area contributed by atoms with Crippen molar-refractivity contribution in [2.24, 2.45) is 0 Å². The molecular formula is C6H14ClNO3S. The Morgan fingerprint density at radius 2 is 2.17 bits per heavy atom. The van der Waals surface area contributed by atoms with Gasteiger partial charge in [-0.25, -0.2) is 13.1 Å². The van der Waals surface area contributed by atoms with Gasteiger partial charge in [0.2, 0.25) is 10.0 Å². The Bertz CT molecular complexity index is 203. The van der Waals surface area contributed by atoms with Gasteiger partial charge in [-0.2, -0.15) is 0 Å². The molecule has 0 aromatic heterocycles. The number of sulfonamides is 1. The first-order valence-corrected chi connectivity index (χ1v) is 5.88. The van der Waals surface area contributed by atoms with Gasteiger partial charge in [0.05, 0.1) is 6.10 Å². The lowest BCUT2D eigenvalue weighted by molar-refractivity contribution is 0.182. The van der Waals surface area contributed by atoms with Crippen LogP contribution in [0.2, 0.25) is 0 Å². The van der Waals surface area contributed by atoms with E-state index in [1.807, 2.05) is 0 Å². The number of hydrogen-bond donors (Lipinski definition) is 2. The van der Waals surface area contributed by atoms with Gasteiger partial charge < -0.3 is 5.11 Å². The molecular weight excluding hydrogens is 202 g/mol. The maximum Gasteiger partial charge on any atom is 0.225 e. The first kappa shape index (κ1) is 12.2. The van der Waals surface area contributed by atoms with Crippen molar-refractivity contribution < 1.29 is 13.5 Å².